The zero-order valence-electron chi connectivity index (χ0n) is 8.81. The Morgan fingerprint density at radius 2 is 2.12 bits per heavy atom. The van der Waals surface area contributed by atoms with Crippen LogP contribution in [0.15, 0.2) is 40.2 Å². The van der Waals surface area contributed by atoms with E-state index in [1.165, 1.54) is 11.3 Å². The molecule has 0 saturated heterocycles. The fraction of sp³-hybridized carbons (Fsp3) is 0.0833. The van der Waals surface area contributed by atoms with Gasteiger partial charge in [0.15, 0.2) is 0 Å². The smallest absolute Gasteiger partial charge is 0.346 e. The molecule has 1 aromatic carbocycles. The standard InChI is InChI=1S/C12H10BrNO2S/c13-9-3-1-2-4-10(9)14-7-8-5-6-17-11(8)12(15)16/h1-6,14H,7H2,(H,15,16). The van der Waals surface area contributed by atoms with E-state index in [2.05, 4.69) is 21.2 Å². The maximum Gasteiger partial charge on any atom is 0.346 e. The summed E-state index contributed by atoms with van der Waals surface area (Å²) in [6, 6.07) is 9.57. The molecular weight excluding hydrogens is 302 g/mol. The van der Waals surface area contributed by atoms with E-state index < -0.39 is 5.97 Å². The molecule has 0 radical (unpaired) electrons. The summed E-state index contributed by atoms with van der Waals surface area (Å²) in [6.07, 6.45) is 0. The molecule has 0 saturated carbocycles. The normalized spacial score (nSPS) is 10.2. The lowest BCUT2D eigenvalue weighted by molar-refractivity contribution is 0.0701. The van der Waals surface area contributed by atoms with Crippen molar-refractivity contribution in [3.63, 3.8) is 0 Å². The van der Waals surface area contributed by atoms with Gasteiger partial charge in [-0.2, -0.15) is 0 Å². The summed E-state index contributed by atoms with van der Waals surface area (Å²) in [5.74, 6) is -0.871. The third-order valence-corrected chi connectivity index (χ3v) is 3.92. The minimum atomic E-state index is -0.871. The van der Waals surface area contributed by atoms with E-state index in [4.69, 9.17) is 5.11 Å². The summed E-state index contributed by atoms with van der Waals surface area (Å²) in [4.78, 5) is 11.3. The number of rotatable bonds is 4. The molecule has 1 aromatic heterocycles. The lowest BCUT2D eigenvalue weighted by atomic mass is 10.2. The number of halogens is 1. The molecule has 17 heavy (non-hydrogen) atoms. The number of aromatic carboxylic acids is 1. The quantitative estimate of drug-likeness (QED) is 0.902. The summed E-state index contributed by atoms with van der Waals surface area (Å²) in [5.41, 5.74) is 1.76. The van der Waals surface area contributed by atoms with Crippen LogP contribution in [0.2, 0.25) is 0 Å². The SMILES string of the molecule is O=C(O)c1sccc1CNc1ccccc1Br. The minimum absolute atomic E-state index is 0.393. The largest absolute Gasteiger partial charge is 0.477 e. The molecular formula is C12H10BrNO2S. The van der Waals surface area contributed by atoms with Gasteiger partial charge in [-0.05, 0) is 45.1 Å². The van der Waals surface area contributed by atoms with Crippen LogP contribution in [-0.4, -0.2) is 11.1 Å². The van der Waals surface area contributed by atoms with Gasteiger partial charge in [0.2, 0.25) is 0 Å². The minimum Gasteiger partial charge on any atom is -0.477 e. The highest BCUT2D eigenvalue weighted by molar-refractivity contribution is 9.10. The van der Waals surface area contributed by atoms with Gasteiger partial charge >= 0.3 is 5.97 Å². The van der Waals surface area contributed by atoms with Crippen LogP contribution in [0, 0.1) is 0 Å². The monoisotopic (exact) mass is 311 g/mol. The third kappa shape index (κ3) is 2.87. The highest BCUT2D eigenvalue weighted by atomic mass is 79.9. The number of carboxylic acid groups (broad SMARTS) is 1. The summed E-state index contributed by atoms with van der Waals surface area (Å²) in [6.45, 7) is 0.508. The van der Waals surface area contributed by atoms with Crippen LogP contribution >= 0.6 is 27.3 Å². The Balaban J connectivity index is 2.10. The van der Waals surface area contributed by atoms with Crippen molar-refractivity contribution < 1.29 is 9.90 Å². The van der Waals surface area contributed by atoms with Gasteiger partial charge in [0, 0.05) is 16.7 Å². The average Bonchev–Trinajstić information content (AvgIpc) is 2.76. The van der Waals surface area contributed by atoms with E-state index in [-0.39, 0.29) is 0 Å². The number of hydrogen-bond donors (Lipinski definition) is 2. The van der Waals surface area contributed by atoms with E-state index in [9.17, 15) is 4.79 Å². The maximum absolute atomic E-state index is 10.9. The van der Waals surface area contributed by atoms with Crippen molar-refractivity contribution in [1.29, 1.82) is 0 Å². The predicted molar refractivity (Wildman–Crippen MR) is 72.7 cm³/mol. The second-order valence-electron chi connectivity index (χ2n) is 3.41. The Hall–Kier alpha value is -1.33. The van der Waals surface area contributed by atoms with Crippen LogP contribution in [0.1, 0.15) is 15.2 Å². The lowest BCUT2D eigenvalue weighted by Gasteiger charge is -2.07. The summed E-state index contributed by atoms with van der Waals surface area (Å²) in [5, 5.41) is 14.0. The maximum atomic E-state index is 10.9. The van der Waals surface area contributed by atoms with Crippen LogP contribution in [0.25, 0.3) is 0 Å². The number of benzene rings is 1. The van der Waals surface area contributed by atoms with Crippen LogP contribution < -0.4 is 5.32 Å². The van der Waals surface area contributed by atoms with Crippen LogP contribution in [0.5, 0.6) is 0 Å². The van der Waals surface area contributed by atoms with Gasteiger partial charge in [0.05, 0.1) is 0 Å². The first-order chi connectivity index (χ1) is 8.18. The van der Waals surface area contributed by atoms with Crippen molar-refractivity contribution in [2.24, 2.45) is 0 Å². The van der Waals surface area contributed by atoms with Crippen LogP contribution in [0.3, 0.4) is 0 Å². The van der Waals surface area contributed by atoms with Crippen molar-refractivity contribution in [3.05, 3.63) is 50.6 Å². The van der Waals surface area contributed by atoms with E-state index in [0.717, 1.165) is 15.7 Å². The number of hydrogen-bond acceptors (Lipinski definition) is 3. The molecule has 0 aliphatic heterocycles. The molecule has 0 aliphatic rings. The first kappa shape index (κ1) is 12.1. The molecule has 0 amide bonds. The zero-order valence-corrected chi connectivity index (χ0v) is 11.2. The molecule has 2 rings (SSSR count). The predicted octanol–water partition coefficient (Wildman–Crippen LogP) is 3.82. The Bertz CT molecular complexity index is 539. The van der Waals surface area contributed by atoms with E-state index in [1.807, 2.05) is 30.3 Å². The summed E-state index contributed by atoms with van der Waals surface area (Å²) >= 11 is 4.68. The topological polar surface area (TPSA) is 49.3 Å². The van der Waals surface area contributed by atoms with Gasteiger partial charge in [-0.1, -0.05) is 12.1 Å². The van der Waals surface area contributed by atoms with Gasteiger partial charge in [-0.3, -0.25) is 0 Å². The second-order valence-corrected chi connectivity index (χ2v) is 5.18. The molecule has 0 unspecified atom stereocenters. The molecule has 0 aliphatic carbocycles. The van der Waals surface area contributed by atoms with Gasteiger partial charge in [-0.15, -0.1) is 11.3 Å². The molecule has 2 aromatic rings. The van der Waals surface area contributed by atoms with Crippen molar-refractivity contribution in [3.8, 4) is 0 Å². The summed E-state index contributed by atoms with van der Waals surface area (Å²) in [7, 11) is 0. The number of nitrogens with one attached hydrogen (secondary N) is 1. The lowest BCUT2D eigenvalue weighted by Crippen LogP contribution is -2.04. The highest BCUT2D eigenvalue weighted by Gasteiger charge is 2.11. The van der Waals surface area contributed by atoms with Gasteiger partial charge < -0.3 is 10.4 Å². The van der Waals surface area contributed by atoms with Crippen molar-refractivity contribution in [1.82, 2.24) is 0 Å². The zero-order chi connectivity index (χ0) is 12.3. The second kappa shape index (κ2) is 5.33. The average molecular weight is 312 g/mol. The van der Waals surface area contributed by atoms with Gasteiger partial charge in [-0.25, -0.2) is 4.79 Å². The van der Waals surface area contributed by atoms with Crippen LogP contribution in [0.4, 0.5) is 5.69 Å². The first-order valence-corrected chi connectivity index (χ1v) is 6.64. The molecule has 3 nitrogen and oxygen atoms in total. The molecule has 0 fully saturated rings. The molecule has 5 heteroatoms. The van der Waals surface area contributed by atoms with E-state index >= 15 is 0 Å². The number of para-hydroxylation sites is 1. The Labute approximate surface area is 111 Å². The number of carboxylic acids is 1. The van der Waals surface area contributed by atoms with E-state index in [0.29, 0.717) is 11.4 Å². The van der Waals surface area contributed by atoms with Crippen molar-refractivity contribution >= 4 is 38.9 Å². The van der Waals surface area contributed by atoms with Gasteiger partial charge in [0.25, 0.3) is 0 Å². The molecule has 0 bridgehead atoms. The number of thiophene rings is 1. The molecule has 0 atom stereocenters. The van der Waals surface area contributed by atoms with Crippen molar-refractivity contribution in [2.45, 2.75) is 6.54 Å². The highest BCUT2D eigenvalue weighted by Crippen LogP contribution is 2.23. The fourth-order valence-corrected chi connectivity index (χ4v) is 2.64. The first-order valence-electron chi connectivity index (χ1n) is 4.96. The van der Waals surface area contributed by atoms with E-state index in [1.54, 1.807) is 5.38 Å². The third-order valence-electron chi connectivity index (χ3n) is 2.28. The Morgan fingerprint density at radius 1 is 1.35 bits per heavy atom. The van der Waals surface area contributed by atoms with Gasteiger partial charge in [0.1, 0.15) is 4.88 Å². The summed E-state index contributed by atoms with van der Waals surface area (Å²) < 4.78 is 0.965. The van der Waals surface area contributed by atoms with Crippen LogP contribution in [-0.2, 0) is 6.54 Å². The molecule has 2 N–H and O–H groups in total. The number of anilines is 1. The molecule has 0 spiro atoms. The molecule has 88 valence electrons. The molecule has 1 heterocycles. The Kier molecular flexibility index (Phi) is 3.81. The Morgan fingerprint density at radius 3 is 2.82 bits per heavy atom. The van der Waals surface area contributed by atoms with Crippen molar-refractivity contribution in [2.75, 3.05) is 5.32 Å². The fourth-order valence-electron chi connectivity index (χ4n) is 1.46. The number of carbonyl (C=O) groups is 1.